The van der Waals surface area contributed by atoms with Crippen LogP contribution in [0.15, 0.2) is 237 Å². The fraction of sp³-hybridized carbons (Fsp3) is 0.0333. The molecule has 2 aliphatic carbocycles. The topological polar surface area (TPSA) is 12.5 Å². The Kier molecular flexibility index (Phi) is 7.47. The van der Waals surface area contributed by atoms with Crippen molar-refractivity contribution in [2.24, 2.45) is 0 Å². The number of benzene rings is 10. The first-order valence-electron chi connectivity index (χ1n) is 21.5. The summed E-state index contributed by atoms with van der Waals surface area (Å²) in [6.07, 6.45) is 0. The van der Waals surface area contributed by atoms with Crippen molar-refractivity contribution >= 4 is 27.8 Å². The van der Waals surface area contributed by atoms with E-state index in [0.717, 1.165) is 50.5 Å². The Morgan fingerprint density at radius 3 is 1.68 bits per heavy atom. The van der Waals surface area contributed by atoms with Crippen molar-refractivity contribution in [2.75, 3.05) is 4.90 Å². The van der Waals surface area contributed by atoms with Crippen molar-refractivity contribution in [3.63, 3.8) is 0 Å². The zero-order chi connectivity index (χ0) is 40.8. The Hall–Kier alpha value is -7.94. The molecule has 62 heavy (non-hydrogen) atoms. The van der Waals surface area contributed by atoms with E-state index in [1.165, 1.54) is 55.6 Å². The van der Waals surface area contributed by atoms with E-state index in [1.54, 1.807) is 0 Å². The highest BCUT2D eigenvalue weighted by Crippen LogP contribution is 2.65. The predicted molar refractivity (Wildman–Crippen MR) is 253 cm³/mol. The Bertz CT molecular complexity index is 3350. The van der Waals surface area contributed by atoms with E-state index < -0.39 is 10.8 Å². The van der Waals surface area contributed by atoms with Crippen molar-refractivity contribution in [2.45, 2.75) is 10.8 Å². The Balaban J connectivity index is 1.11. The number of hydrogen-bond acceptors (Lipinski definition) is 2. The highest BCUT2D eigenvalue weighted by molar-refractivity contribution is 6.01. The summed E-state index contributed by atoms with van der Waals surface area (Å²) in [7, 11) is 0. The van der Waals surface area contributed by atoms with Gasteiger partial charge in [0.25, 0.3) is 0 Å². The summed E-state index contributed by atoms with van der Waals surface area (Å²) in [5.74, 6) is 1.81. The van der Waals surface area contributed by atoms with Crippen LogP contribution < -0.4 is 9.64 Å². The molecule has 1 aliphatic heterocycles. The minimum absolute atomic E-state index is 0.527. The first-order valence-corrected chi connectivity index (χ1v) is 21.5. The molecular formula is C60H39NO. The third-order valence-corrected chi connectivity index (χ3v) is 13.8. The number of hydrogen-bond donors (Lipinski definition) is 0. The largest absolute Gasteiger partial charge is 0.456 e. The van der Waals surface area contributed by atoms with Crippen LogP contribution in [0.25, 0.3) is 33.0 Å². The van der Waals surface area contributed by atoms with Gasteiger partial charge in [-0.25, -0.2) is 0 Å². The van der Waals surface area contributed by atoms with Gasteiger partial charge in [0.1, 0.15) is 11.5 Å². The second-order valence-corrected chi connectivity index (χ2v) is 16.7. The van der Waals surface area contributed by atoms with Gasteiger partial charge in [-0.2, -0.15) is 0 Å². The SMILES string of the molecule is c1ccc(N(c2ccc3c(c2)C(c2ccccc2)(c2ccccc2)c2ccccc2-3)c2cccc3c2-c2ccccc2C32c3ccccc3Oc3c2ccc2ccccc32)cc1. The monoisotopic (exact) mass is 789 g/mol. The zero-order valence-corrected chi connectivity index (χ0v) is 33.9. The van der Waals surface area contributed by atoms with Crippen LogP contribution in [0, 0.1) is 0 Å². The molecule has 0 saturated carbocycles. The third kappa shape index (κ3) is 4.58. The van der Waals surface area contributed by atoms with E-state index in [-0.39, 0.29) is 0 Å². The smallest absolute Gasteiger partial charge is 0.140 e. The highest BCUT2D eigenvalue weighted by atomic mass is 16.5. The highest BCUT2D eigenvalue weighted by Gasteiger charge is 2.52. The summed E-state index contributed by atoms with van der Waals surface area (Å²) in [6.45, 7) is 0. The average Bonchev–Trinajstić information content (AvgIpc) is 3.81. The predicted octanol–water partition coefficient (Wildman–Crippen LogP) is 15.1. The molecule has 13 rings (SSSR count). The lowest BCUT2D eigenvalue weighted by atomic mass is 9.65. The van der Waals surface area contributed by atoms with Gasteiger partial charge in [0.05, 0.1) is 16.5 Å². The molecule has 1 atom stereocenters. The van der Waals surface area contributed by atoms with Crippen LogP contribution in [-0.2, 0) is 10.8 Å². The van der Waals surface area contributed by atoms with Gasteiger partial charge in [-0.1, -0.05) is 200 Å². The van der Waals surface area contributed by atoms with Crippen LogP contribution >= 0.6 is 0 Å². The molecule has 2 nitrogen and oxygen atoms in total. The minimum Gasteiger partial charge on any atom is -0.456 e. The third-order valence-electron chi connectivity index (χ3n) is 13.8. The molecule has 1 unspecified atom stereocenters. The number of ether oxygens (including phenoxy) is 1. The summed E-state index contributed by atoms with van der Waals surface area (Å²) in [5, 5.41) is 2.28. The second kappa shape index (κ2) is 13.3. The quantitative estimate of drug-likeness (QED) is 0.172. The number of nitrogens with zero attached hydrogens (tertiary/aromatic N) is 1. The van der Waals surface area contributed by atoms with E-state index in [0.29, 0.717) is 0 Å². The van der Waals surface area contributed by atoms with Gasteiger partial charge in [-0.05, 0) is 91.9 Å². The average molecular weight is 790 g/mol. The minimum atomic E-state index is -0.617. The van der Waals surface area contributed by atoms with Crippen LogP contribution in [-0.4, -0.2) is 0 Å². The van der Waals surface area contributed by atoms with Crippen LogP contribution in [0.2, 0.25) is 0 Å². The van der Waals surface area contributed by atoms with Crippen molar-refractivity contribution in [3.8, 4) is 33.8 Å². The summed E-state index contributed by atoms with van der Waals surface area (Å²) in [5.41, 5.74) is 17.1. The van der Waals surface area contributed by atoms with Crippen molar-refractivity contribution < 1.29 is 4.74 Å². The van der Waals surface area contributed by atoms with Gasteiger partial charge in [0, 0.05) is 33.5 Å². The van der Waals surface area contributed by atoms with Gasteiger partial charge in [-0.15, -0.1) is 0 Å². The van der Waals surface area contributed by atoms with Gasteiger partial charge in [-0.3, -0.25) is 0 Å². The van der Waals surface area contributed by atoms with Crippen LogP contribution in [0.4, 0.5) is 17.1 Å². The molecule has 0 bridgehead atoms. The maximum absolute atomic E-state index is 6.98. The van der Waals surface area contributed by atoms with E-state index in [4.69, 9.17) is 4.74 Å². The lowest BCUT2D eigenvalue weighted by molar-refractivity contribution is 0.441. The summed E-state index contributed by atoms with van der Waals surface area (Å²) in [6, 6.07) is 87.0. The summed E-state index contributed by atoms with van der Waals surface area (Å²) < 4.78 is 6.98. The van der Waals surface area contributed by atoms with Gasteiger partial charge in [0.15, 0.2) is 0 Å². The molecule has 10 aromatic rings. The Labute approximate surface area is 361 Å². The maximum Gasteiger partial charge on any atom is 0.140 e. The molecule has 1 spiro atoms. The molecule has 2 heteroatoms. The van der Waals surface area contributed by atoms with E-state index >= 15 is 0 Å². The molecule has 0 radical (unpaired) electrons. The molecule has 290 valence electrons. The molecule has 0 amide bonds. The first-order chi connectivity index (χ1) is 30.8. The molecule has 1 heterocycles. The van der Waals surface area contributed by atoms with Crippen LogP contribution in [0.1, 0.15) is 44.5 Å². The number of anilines is 3. The van der Waals surface area contributed by atoms with E-state index in [9.17, 15) is 0 Å². The molecule has 0 fully saturated rings. The Morgan fingerprint density at radius 1 is 0.339 bits per heavy atom. The maximum atomic E-state index is 6.98. The number of fused-ring (bicyclic) bond motifs is 14. The van der Waals surface area contributed by atoms with Gasteiger partial charge < -0.3 is 9.64 Å². The van der Waals surface area contributed by atoms with Crippen molar-refractivity contribution in [1.82, 2.24) is 0 Å². The molecular weight excluding hydrogens is 751 g/mol. The van der Waals surface area contributed by atoms with Gasteiger partial charge >= 0.3 is 0 Å². The fourth-order valence-corrected chi connectivity index (χ4v) is 11.4. The molecule has 10 aromatic carbocycles. The van der Waals surface area contributed by atoms with Crippen molar-refractivity contribution in [3.05, 3.63) is 281 Å². The molecule has 3 aliphatic rings. The second-order valence-electron chi connectivity index (χ2n) is 16.7. The summed E-state index contributed by atoms with van der Waals surface area (Å²) in [4.78, 5) is 2.49. The van der Waals surface area contributed by atoms with Crippen molar-refractivity contribution in [1.29, 1.82) is 0 Å². The molecule has 0 N–H and O–H groups in total. The van der Waals surface area contributed by atoms with Gasteiger partial charge in [0.2, 0.25) is 0 Å². The standard InChI is InChI=1S/C60H39NO/c1-4-20-41(21-5-1)59(42-22-6-2-7-23-42)49-29-14-12-27-46(49)47-37-36-44(39-54(47)59)61(43-24-8-3-9-25-43)55-33-18-32-52-57(55)48-28-13-15-30-50(48)60(52)51-31-16-17-34-56(51)62-58-45-26-11-10-19-40(45)35-38-53(58)60/h1-39H. The number of para-hydroxylation sites is 2. The van der Waals surface area contributed by atoms with E-state index in [2.05, 4.69) is 241 Å². The molecule has 0 saturated heterocycles. The first kappa shape index (κ1) is 34.9. The zero-order valence-electron chi connectivity index (χ0n) is 33.9. The lowest BCUT2D eigenvalue weighted by Gasteiger charge is -2.40. The number of rotatable bonds is 5. The summed E-state index contributed by atoms with van der Waals surface area (Å²) >= 11 is 0. The molecule has 0 aromatic heterocycles. The fourth-order valence-electron chi connectivity index (χ4n) is 11.4. The lowest BCUT2D eigenvalue weighted by Crippen LogP contribution is -2.32. The Morgan fingerprint density at radius 2 is 0.919 bits per heavy atom. The van der Waals surface area contributed by atoms with Crippen LogP contribution in [0.3, 0.4) is 0 Å². The normalized spacial score (nSPS) is 15.7. The van der Waals surface area contributed by atoms with Crippen LogP contribution in [0.5, 0.6) is 11.5 Å². The van der Waals surface area contributed by atoms with E-state index in [1.807, 2.05) is 0 Å².